The van der Waals surface area contributed by atoms with Crippen LogP contribution >= 0.6 is 0 Å². The van der Waals surface area contributed by atoms with Crippen molar-refractivity contribution < 1.29 is 4.52 Å². The lowest BCUT2D eigenvalue weighted by atomic mass is 9.83. The van der Waals surface area contributed by atoms with Crippen molar-refractivity contribution in [2.75, 3.05) is 6.54 Å². The van der Waals surface area contributed by atoms with Crippen LogP contribution in [-0.2, 0) is 0 Å². The molecule has 126 valence electrons. The summed E-state index contributed by atoms with van der Waals surface area (Å²) < 4.78 is 5.21. The summed E-state index contributed by atoms with van der Waals surface area (Å²) in [4.78, 5) is 4.50. The molecule has 0 bridgehead atoms. The van der Waals surface area contributed by atoms with Gasteiger partial charge in [0.1, 0.15) is 0 Å². The van der Waals surface area contributed by atoms with Crippen LogP contribution in [0.2, 0.25) is 0 Å². The number of aromatic nitrogens is 2. The van der Waals surface area contributed by atoms with Gasteiger partial charge in [0.05, 0.1) is 0 Å². The van der Waals surface area contributed by atoms with Crippen LogP contribution < -0.4 is 5.73 Å². The van der Waals surface area contributed by atoms with Gasteiger partial charge < -0.3 is 10.3 Å². The molecule has 1 aliphatic rings. The third kappa shape index (κ3) is 5.71. The van der Waals surface area contributed by atoms with Crippen molar-refractivity contribution in [1.29, 1.82) is 0 Å². The van der Waals surface area contributed by atoms with Crippen LogP contribution in [0.1, 0.15) is 88.8 Å². The highest BCUT2D eigenvalue weighted by Gasteiger charge is 2.33. The largest absolute Gasteiger partial charge is 0.340 e. The number of hydrogen-bond donors (Lipinski definition) is 1. The van der Waals surface area contributed by atoms with Gasteiger partial charge in [-0.15, -0.1) is 0 Å². The highest BCUT2D eigenvalue weighted by Crippen LogP contribution is 2.41. The van der Waals surface area contributed by atoms with Crippen LogP contribution in [0, 0.1) is 18.8 Å². The molecule has 0 aromatic carbocycles. The molecule has 4 nitrogen and oxygen atoms in total. The number of unbranched alkanes of at least 4 members (excludes halogenated alkanes) is 5. The maximum absolute atomic E-state index is 6.09. The number of nitrogens with two attached hydrogens (primary N) is 1. The minimum atomic E-state index is 0.394. The van der Waals surface area contributed by atoms with E-state index in [1.54, 1.807) is 0 Å². The molecule has 1 heterocycles. The van der Waals surface area contributed by atoms with Gasteiger partial charge in [0.15, 0.2) is 5.82 Å². The van der Waals surface area contributed by atoms with E-state index in [2.05, 4.69) is 17.1 Å². The smallest absolute Gasteiger partial charge is 0.223 e. The number of nitrogens with zero attached hydrogens (tertiary/aromatic N) is 2. The summed E-state index contributed by atoms with van der Waals surface area (Å²) in [5, 5.41) is 4.19. The predicted octanol–water partition coefficient (Wildman–Crippen LogP) is 4.59. The highest BCUT2D eigenvalue weighted by atomic mass is 16.5. The first-order chi connectivity index (χ1) is 10.7. The van der Waals surface area contributed by atoms with Crippen molar-refractivity contribution >= 4 is 0 Å². The summed E-state index contributed by atoms with van der Waals surface area (Å²) in [6.45, 7) is 4.87. The van der Waals surface area contributed by atoms with Gasteiger partial charge in [0.25, 0.3) is 0 Å². The Bertz CT molecular complexity index is 414. The van der Waals surface area contributed by atoms with Gasteiger partial charge in [-0.05, 0) is 31.2 Å². The number of rotatable bonds is 12. The summed E-state index contributed by atoms with van der Waals surface area (Å²) >= 11 is 0. The minimum Gasteiger partial charge on any atom is -0.340 e. The Morgan fingerprint density at radius 2 is 1.91 bits per heavy atom. The van der Waals surface area contributed by atoms with E-state index in [1.165, 1.54) is 64.2 Å². The quantitative estimate of drug-likeness (QED) is 0.574. The predicted molar refractivity (Wildman–Crippen MR) is 89.7 cm³/mol. The SMILES string of the molecule is CCCCCCCCC(CN)[C@H](CC1CC1)c1noc(C)n1. The molecule has 1 aliphatic carbocycles. The molecule has 4 heteroatoms. The van der Waals surface area contributed by atoms with E-state index in [0.717, 1.165) is 18.3 Å². The van der Waals surface area contributed by atoms with Crippen molar-refractivity contribution in [1.82, 2.24) is 10.1 Å². The van der Waals surface area contributed by atoms with Crippen molar-refractivity contribution in [2.45, 2.75) is 84.0 Å². The second kappa shape index (κ2) is 9.29. The van der Waals surface area contributed by atoms with Gasteiger partial charge in [-0.1, -0.05) is 63.4 Å². The zero-order valence-corrected chi connectivity index (χ0v) is 14.4. The topological polar surface area (TPSA) is 64.9 Å². The van der Waals surface area contributed by atoms with Crippen LogP contribution in [0.25, 0.3) is 0 Å². The van der Waals surface area contributed by atoms with E-state index >= 15 is 0 Å². The van der Waals surface area contributed by atoms with Crippen LogP contribution in [0.15, 0.2) is 4.52 Å². The average molecular weight is 307 g/mol. The average Bonchev–Trinajstić information content (AvgIpc) is 3.24. The normalized spacial score (nSPS) is 17.6. The molecule has 1 unspecified atom stereocenters. The van der Waals surface area contributed by atoms with Crippen LogP contribution in [0.3, 0.4) is 0 Å². The molecule has 0 amide bonds. The van der Waals surface area contributed by atoms with Crippen LogP contribution in [0.5, 0.6) is 0 Å². The third-order valence-corrected chi connectivity index (χ3v) is 4.96. The minimum absolute atomic E-state index is 0.394. The van der Waals surface area contributed by atoms with Gasteiger partial charge in [0.2, 0.25) is 5.89 Å². The van der Waals surface area contributed by atoms with Crippen molar-refractivity contribution in [3.63, 3.8) is 0 Å². The molecule has 2 rings (SSSR count). The van der Waals surface area contributed by atoms with Crippen molar-refractivity contribution in [3.05, 3.63) is 11.7 Å². The number of hydrogen-bond acceptors (Lipinski definition) is 4. The van der Waals surface area contributed by atoms with Gasteiger partial charge >= 0.3 is 0 Å². The molecule has 1 saturated carbocycles. The zero-order valence-electron chi connectivity index (χ0n) is 14.4. The molecule has 0 spiro atoms. The molecule has 1 aromatic rings. The molecule has 0 saturated heterocycles. The van der Waals surface area contributed by atoms with E-state index < -0.39 is 0 Å². The fourth-order valence-electron chi connectivity index (χ4n) is 3.36. The summed E-state index contributed by atoms with van der Waals surface area (Å²) in [7, 11) is 0. The van der Waals surface area contributed by atoms with Gasteiger partial charge in [0, 0.05) is 12.8 Å². The Kier molecular flexibility index (Phi) is 7.37. The zero-order chi connectivity index (χ0) is 15.8. The molecule has 1 aromatic heterocycles. The molecular formula is C18H33N3O. The molecule has 0 radical (unpaired) electrons. The highest BCUT2D eigenvalue weighted by molar-refractivity contribution is 5.00. The first kappa shape index (κ1) is 17.5. The summed E-state index contributed by atoms with van der Waals surface area (Å²) in [6.07, 6.45) is 13.1. The fraction of sp³-hybridized carbons (Fsp3) is 0.889. The Morgan fingerprint density at radius 1 is 1.18 bits per heavy atom. The summed E-state index contributed by atoms with van der Waals surface area (Å²) in [6, 6.07) is 0. The van der Waals surface area contributed by atoms with E-state index in [1.807, 2.05) is 6.92 Å². The fourth-order valence-corrected chi connectivity index (χ4v) is 3.36. The first-order valence-corrected chi connectivity index (χ1v) is 9.24. The standard InChI is InChI=1S/C18H33N3O/c1-3-4-5-6-7-8-9-16(13-19)17(12-15-10-11-15)18-20-14(2)22-21-18/h15-17H,3-13,19H2,1-2H3/t16?,17-/m0/s1. The second-order valence-electron chi connectivity index (χ2n) is 7.01. The Balaban J connectivity index is 1.83. The molecule has 1 fully saturated rings. The van der Waals surface area contributed by atoms with E-state index in [4.69, 9.17) is 10.3 Å². The van der Waals surface area contributed by atoms with E-state index in [9.17, 15) is 0 Å². The Hall–Kier alpha value is -0.900. The second-order valence-corrected chi connectivity index (χ2v) is 7.01. The van der Waals surface area contributed by atoms with Gasteiger partial charge in [-0.2, -0.15) is 4.98 Å². The lowest BCUT2D eigenvalue weighted by molar-refractivity contribution is 0.327. The first-order valence-electron chi connectivity index (χ1n) is 9.24. The van der Waals surface area contributed by atoms with E-state index in [-0.39, 0.29) is 0 Å². The molecular weight excluding hydrogens is 274 g/mol. The Morgan fingerprint density at radius 3 is 2.50 bits per heavy atom. The Labute approximate surface area is 135 Å². The maximum atomic E-state index is 6.09. The van der Waals surface area contributed by atoms with Gasteiger partial charge in [-0.25, -0.2) is 0 Å². The maximum Gasteiger partial charge on any atom is 0.223 e. The monoisotopic (exact) mass is 307 g/mol. The summed E-state index contributed by atoms with van der Waals surface area (Å²) in [5.41, 5.74) is 6.09. The van der Waals surface area contributed by atoms with E-state index in [0.29, 0.717) is 17.7 Å². The van der Waals surface area contributed by atoms with Gasteiger partial charge in [-0.3, -0.25) is 0 Å². The third-order valence-electron chi connectivity index (χ3n) is 4.96. The lowest BCUT2D eigenvalue weighted by Crippen LogP contribution is -2.23. The van der Waals surface area contributed by atoms with Crippen LogP contribution in [0.4, 0.5) is 0 Å². The number of aryl methyl sites for hydroxylation is 1. The molecule has 2 atom stereocenters. The molecule has 2 N–H and O–H groups in total. The van der Waals surface area contributed by atoms with Crippen molar-refractivity contribution in [2.24, 2.45) is 17.6 Å². The molecule has 22 heavy (non-hydrogen) atoms. The van der Waals surface area contributed by atoms with Crippen LogP contribution in [-0.4, -0.2) is 16.7 Å². The lowest BCUT2D eigenvalue weighted by Gasteiger charge is -2.23. The van der Waals surface area contributed by atoms with Crippen molar-refractivity contribution in [3.8, 4) is 0 Å². The molecule has 0 aliphatic heterocycles. The summed E-state index contributed by atoms with van der Waals surface area (Å²) in [5.74, 6) is 3.33.